The number of methoxy groups -OCH3 is 1. The molecule has 1 aromatic carbocycles. The minimum Gasteiger partial charge on any atom is -0.494 e. The molecule has 0 unspecified atom stereocenters. The van der Waals surface area contributed by atoms with E-state index < -0.39 is 0 Å². The number of hydrogen-bond donors (Lipinski definition) is 1. The van der Waals surface area contributed by atoms with E-state index in [2.05, 4.69) is 10.1 Å². The second kappa shape index (κ2) is 5.14. The molecule has 0 aromatic heterocycles. The molecule has 0 radical (unpaired) electrons. The van der Waals surface area contributed by atoms with Gasteiger partial charge in [-0.1, -0.05) is 18.2 Å². The molecule has 0 aliphatic heterocycles. The number of allylic oxidation sites excluding steroid dienone is 2. The number of hydrogen-bond acceptors (Lipinski definition) is 2. The van der Waals surface area contributed by atoms with Crippen LogP contribution in [0.4, 0.5) is 5.69 Å². The fourth-order valence-corrected chi connectivity index (χ4v) is 1.62. The molecule has 0 saturated heterocycles. The van der Waals surface area contributed by atoms with Crippen molar-refractivity contribution >= 4 is 11.4 Å². The summed E-state index contributed by atoms with van der Waals surface area (Å²) >= 11 is 0. The van der Waals surface area contributed by atoms with Gasteiger partial charge in [0.25, 0.3) is 5.71 Å². The summed E-state index contributed by atoms with van der Waals surface area (Å²) in [5, 5.41) is 3.26. The molecule has 4 nitrogen and oxygen atoms in total. The van der Waals surface area contributed by atoms with Gasteiger partial charge < -0.3 is 15.6 Å². The van der Waals surface area contributed by atoms with Gasteiger partial charge in [-0.2, -0.15) is 4.79 Å². The maximum atomic E-state index is 8.72. The number of rotatable bonds is 3. The SMILES string of the molecule is COC1=CC(=[N+]=[N-])CC=C1Nc1ccccc1. The molecule has 0 atom stereocenters. The first-order chi connectivity index (χ1) is 8.33. The highest BCUT2D eigenvalue weighted by molar-refractivity contribution is 5.94. The van der Waals surface area contributed by atoms with Gasteiger partial charge in [-0.05, 0) is 18.2 Å². The summed E-state index contributed by atoms with van der Waals surface area (Å²) in [6.45, 7) is 0. The van der Waals surface area contributed by atoms with E-state index in [1.165, 1.54) is 0 Å². The van der Waals surface area contributed by atoms with Crippen LogP contribution >= 0.6 is 0 Å². The van der Waals surface area contributed by atoms with Crippen molar-refractivity contribution in [1.29, 1.82) is 0 Å². The average molecular weight is 227 g/mol. The molecule has 4 heteroatoms. The van der Waals surface area contributed by atoms with Crippen LogP contribution in [0.1, 0.15) is 6.42 Å². The summed E-state index contributed by atoms with van der Waals surface area (Å²) in [4.78, 5) is 3.18. The molecule has 1 aliphatic rings. The second-order valence-corrected chi connectivity index (χ2v) is 3.62. The Kier molecular flexibility index (Phi) is 3.38. The topological polar surface area (TPSA) is 57.7 Å². The molecule has 1 aromatic rings. The van der Waals surface area contributed by atoms with Crippen LogP contribution in [0.3, 0.4) is 0 Å². The van der Waals surface area contributed by atoms with Gasteiger partial charge in [0.15, 0.2) is 0 Å². The van der Waals surface area contributed by atoms with Crippen LogP contribution in [0.15, 0.2) is 53.9 Å². The second-order valence-electron chi connectivity index (χ2n) is 3.62. The Hall–Kier alpha value is -2.32. The van der Waals surface area contributed by atoms with E-state index in [4.69, 9.17) is 10.3 Å². The zero-order valence-electron chi connectivity index (χ0n) is 9.55. The Morgan fingerprint density at radius 3 is 2.71 bits per heavy atom. The Bertz CT molecular complexity index is 511. The molecule has 0 spiro atoms. The zero-order chi connectivity index (χ0) is 12.1. The highest BCUT2D eigenvalue weighted by Gasteiger charge is 2.17. The van der Waals surface area contributed by atoms with Crippen molar-refractivity contribution in [3.63, 3.8) is 0 Å². The summed E-state index contributed by atoms with van der Waals surface area (Å²) in [6, 6.07) is 9.84. The lowest BCUT2D eigenvalue weighted by molar-refractivity contribution is -0.00575. The Balaban J connectivity index is 2.20. The molecule has 0 fully saturated rings. The van der Waals surface area contributed by atoms with E-state index in [1.807, 2.05) is 36.4 Å². The number of benzene rings is 1. The van der Waals surface area contributed by atoms with Gasteiger partial charge in [0.05, 0.1) is 25.3 Å². The normalized spacial score (nSPS) is 14.5. The van der Waals surface area contributed by atoms with Gasteiger partial charge in [0, 0.05) is 5.69 Å². The smallest absolute Gasteiger partial charge is 0.299 e. The average Bonchev–Trinajstić information content (AvgIpc) is 2.40. The van der Waals surface area contributed by atoms with E-state index >= 15 is 0 Å². The van der Waals surface area contributed by atoms with Gasteiger partial charge in [-0.15, -0.1) is 0 Å². The van der Waals surface area contributed by atoms with Crippen molar-refractivity contribution in [1.82, 2.24) is 0 Å². The summed E-state index contributed by atoms with van der Waals surface area (Å²) in [7, 11) is 1.59. The van der Waals surface area contributed by atoms with E-state index in [-0.39, 0.29) is 0 Å². The first kappa shape index (κ1) is 11.2. The molecule has 0 saturated carbocycles. The largest absolute Gasteiger partial charge is 0.494 e. The van der Waals surface area contributed by atoms with Crippen LogP contribution in [0.2, 0.25) is 0 Å². The fraction of sp³-hybridized carbons (Fsp3) is 0.154. The highest BCUT2D eigenvalue weighted by Crippen LogP contribution is 2.20. The highest BCUT2D eigenvalue weighted by atomic mass is 16.5. The molecule has 0 heterocycles. The van der Waals surface area contributed by atoms with Crippen LogP contribution in [0.25, 0.3) is 5.53 Å². The lowest BCUT2D eigenvalue weighted by atomic mass is 10.1. The Morgan fingerprint density at radius 1 is 1.29 bits per heavy atom. The van der Waals surface area contributed by atoms with Crippen LogP contribution in [-0.4, -0.2) is 17.6 Å². The van der Waals surface area contributed by atoms with Crippen LogP contribution in [-0.2, 0) is 4.74 Å². The molecule has 1 N–H and O–H groups in total. The quantitative estimate of drug-likeness (QED) is 0.637. The number of para-hydroxylation sites is 1. The molecule has 0 bridgehead atoms. The Morgan fingerprint density at radius 2 is 2.06 bits per heavy atom. The maximum Gasteiger partial charge on any atom is 0.299 e. The molecule has 17 heavy (non-hydrogen) atoms. The van der Waals surface area contributed by atoms with Gasteiger partial charge in [0.1, 0.15) is 5.76 Å². The molecular weight excluding hydrogens is 214 g/mol. The molecule has 0 amide bonds. The summed E-state index contributed by atoms with van der Waals surface area (Å²) in [5.41, 5.74) is 11.2. The van der Waals surface area contributed by atoms with Gasteiger partial charge in [0.2, 0.25) is 0 Å². The predicted molar refractivity (Wildman–Crippen MR) is 66.5 cm³/mol. The van der Waals surface area contributed by atoms with E-state index in [9.17, 15) is 0 Å². The van der Waals surface area contributed by atoms with E-state index in [0.29, 0.717) is 17.9 Å². The van der Waals surface area contributed by atoms with Gasteiger partial charge in [-0.3, -0.25) is 0 Å². The van der Waals surface area contributed by atoms with Crippen LogP contribution in [0.5, 0.6) is 0 Å². The third kappa shape index (κ3) is 2.62. The molecular formula is C13H13N3O. The maximum absolute atomic E-state index is 8.72. The van der Waals surface area contributed by atoms with Crippen LogP contribution < -0.4 is 5.32 Å². The molecule has 2 rings (SSSR count). The van der Waals surface area contributed by atoms with Crippen molar-refractivity contribution in [2.24, 2.45) is 0 Å². The fourth-order valence-electron chi connectivity index (χ4n) is 1.62. The Labute approximate surface area is 99.8 Å². The predicted octanol–water partition coefficient (Wildman–Crippen LogP) is 2.59. The van der Waals surface area contributed by atoms with Crippen molar-refractivity contribution in [3.05, 3.63) is 59.5 Å². The van der Waals surface area contributed by atoms with E-state index in [0.717, 1.165) is 11.4 Å². The lowest BCUT2D eigenvalue weighted by Gasteiger charge is -2.15. The van der Waals surface area contributed by atoms with Crippen molar-refractivity contribution < 1.29 is 9.53 Å². The van der Waals surface area contributed by atoms with Crippen molar-refractivity contribution in [3.8, 4) is 0 Å². The first-order valence-corrected chi connectivity index (χ1v) is 5.32. The van der Waals surface area contributed by atoms with E-state index in [1.54, 1.807) is 13.2 Å². The molecule has 86 valence electrons. The monoisotopic (exact) mass is 227 g/mol. The van der Waals surface area contributed by atoms with Crippen molar-refractivity contribution in [2.45, 2.75) is 6.42 Å². The number of anilines is 1. The number of ether oxygens (including phenoxy) is 1. The van der Waals surface area contributed by atoms with Crippen molar-refractivity contribution in [2.75, 3.05) is 12.4 Å². The summed E-state index contributed by atoms with van der Waals surface area (Å²) < 4.78 is 5.25. The van der Waals surface area contributed by atoms with Gasteiger partial charge in [-0.25, -0.2) is 0 Å². The lowest BCUT2D eigenvalue weighted by Crippen LogP contribution is -2.11. The molecule has 1 aliphatic carbocycles. The first-order valence-electron chi connectivity index (χ1n) is 5.32. The summed E-state index contributed by atoms with van der Waals surface area (Å²) in [6.07, 6.45) is 4.23. The third-order valence-corrected chi connectivity index (χ3v) is 2.48. The minimum absolute atomic E-state index is 0.582. The van der Waals surface area contributed by atoms with Crippen LogP contribution in [0, 0.1) is 0 Å². The number of nitrogens with one attached hydrogen (secondary N) is 1. The third-order valence-electron chi connectivity index (χ3n) is 2.48. The standard InChI is InChI=1S/C13H13N3O/c1-17-13-9-11(16-14)7-8-12(13)15-10-5-3-2-4-6-10/h2-6,8-9,15H,7H2,1H3. The number of nitrogens with zero attached hydrogens (tertiary/aromatic N) is 2. The summed E-state index contributed by atoms with van der Waals surface area (Å²) in [5.74, 6) is 0.660. The zero-order valence-corrected chi connectivity index (χ0v) is 9.55. The minimum atomic E-state index is 0.582. The van der Waals surface area contributed by atoms with Gasteiger partial charge >= 0.3 is 0 Å².